The number of para-hydroxylation sites is 1. The van der Waals surface area contributed by atoms with Gasteiger partial charge < -0.3 is 14.6 Å². The Bertz CT molecular complexity index is 1110. The Hall–Kier alpha value is -2.48. The number of nitrogens with one attached hydrogen (secondary N) is 1. The fourth-order valence-corrected chi connectivity index (χ4v) is 3.22. The summed E-state index contributed by atoms with van der Waals surface area (Å²) in [5.74, 6) is -0.583. The van der Waals surface area contributed by atoms with Crippen molar-refractivity contribution in [1.82, 2.24) is 14.3 Å². The van der Waals surface area contributed by atoms with Crippen molar-refractivity contribution < 1.29 is 9.53 Å². The molecule has 0 aliphatic rings. The predicted molar refractivity (Wildman–Crippen MR) is 109 cm³/mol. The molecule has 1 N–H and O–H groups in total. The maximum absolute atomic E-state index is 12.7. The first kappa shape index (κ1) is 20.3. The van der Waals surface area contributed by atoms with Crippen LogP contribution in [0.15, 0.2) is 41.3 Å². The Labute approximate surface area is 175 Å². The van der Waals surface area contributed by atoms with E-state index >= 15 is 0 Å². The molecule has 0 spiro atoms. The number of anilines is 1. The molecule has 0 amide bonds. The number of esters is 1. The summed E-state index contributed by atoms with van der Waals surface area (Å²) in [5.41, 5.74) is 1.03. The van der Waals surface area contributed by atoms with Gasteiger partial charge in [-0.05, 0) is 18.2 Å². The van der Waals surface area contributed by atoms with Gasteiger partial charge in [0.2, 0.25) is 0 Å². The molecule has 3 aromatic rings. The lowest BCUT2D eigenvalue weighted by molar-refractivity contribution is 0.0600. The highest BCUT2D eigenvalue weighted by atomic mass is 35.5. The Balaban J connectivity index is 1.93. The predicted octanol–water partition coefficient (Wildman–Crippen LogP) is 3.93. The molecule has 0 bridgehead atoms. The van der Waals surface area contributed by atoms with Gasteiger partial charge in [0.1, 0.15) is 10.2 Å². The van der Waals surface area contributed by atoms with Crippen molar-refractivity contribution in [2.75, 3.05) is 12.4 Å². The zero-order valence-electron chi connectivity index (χ0n) is 14.9. The average Bonchev–Trinajstić information content (AvgIpc) is 2.95. The quantitative estimate of drug-likeness (QED) is 0.607. The molecule has 0 atom stereocenters. The van der Waals surface area contributed by atoms with Crippen LogP contribution in [0.2, 0.25) is 15.2 Å². The van der Waals surface area contributed by atoms with Gasteiger partial charge in [0.25, 0.3) is 5.56 Å². The third-order valence-electron chi connectivity index (χ3n) is 4.13. The number of ether oxygens (including phenoxy) is 1. The maximum Gasteiger partial charge on any atom is 0.340 e. The lowest BCUT2D eigenvalue weighted by atomic mass is 10.2. The van der Waals surface area contributed by atoms with Crippen LogP contribution < -0.4 is 10.9 Å². The number of methoxy groups -OCH3 is 1. The second kappa shape index (κ2) is 8.26. The molecule has 28 heavy (non-hydrogen) atoms. The second-order valence-corrected chi connectivity index (χ2v) is 6.93. The Morgan fingerprint density at radius 2 is 1.96 bits per heavy atom. The van der Waals surface area contributed by atoms with Crippen molar-refractivity contribution in [1.29, 1.82) is 0 Å². The molecule has 0 fully saturated rings. The zero-order valence-corrected chi connectivity index (χ0v) is 17.1. The number of hydrogen-bond acceptors (Lipinski definition) is 5. The molecule has 0 aliphatic carbocycles. The minimum atomic E-state index is -0.583. The second-order valence-electron chi connectivity index (χ2n) is 5.78. The van der Waals surface area contributed by atoms with E-state index in [9.17, 15) is 9.59 Å². The molecular formula is C18H15Cl3N4O3. The van der Waals surface area contributed by atoms with Gasteiger partial charge in [-0.15, -0.1) is 0 Å². The van der Waals surface area contributed by atoms with Crippen LogP contribution in [0.1, 0.15) is 16.1 Å². The summed E-state index contributed by atoms with van der Waals surface area (Å²) in [4.78, 5) is 24.7. The van der Waals surface area contributed by atoms with Crippen molar-refractivity contribution in [3.8, 4) is 5.69 Å². The first-order valence-corrected chi connectivity index (χ1v) is 9.17. The van der Waals surface area contributed by atoms with Crippen LogP contribution in [-0.4, -0.2) is 27.4 Å². The van der Waals surface area contributed by atoms with Crippen molar-refractivity contribution in [2.24, 2.45) is 7.05 Å². The van der Waals surface area contributed by atoms with Crippen LogP contribution >= 0.6 is 34.8 Å². The molecule has 0 unspecified atom stereocenters. The van der Waals surface area contributed by atoms with Gasteiger partial charge >= 0.3 is 5.97 Å². The summed E-state index contributed by atoms with van der Waals surface area (Å²) in [6.45, 7) is 0.326. The van der Waals surface area contributed by atoms with Crippen molar-refractivity contribution >= 4 is 46.5 Å². The molecule has 146 valence electrons. The third-order valence-corrected chi connectivity index (χ3v) is 5.34. The maximum atomic E-state index is 12.7. The first-order chi connectivity index (χ1) is 13.3. The minimum Gasteiger partial charge on any atom is -0.465 e. The highest BCUT2D eigenvalue weighted by molar-refractivity contribution is 6.41. The molecule has 2 heterocycles. The summed E-state index contributed by atoms with van der Waals surface area (Å²) in [6.07, 6.45) is 1.41. The van der Waals surface area contributed by atoms with Gasteiger partial charge in [-0.25, -0.2) is 4.79 Å². The summed E-state index contributed by atoms with van der Waals surface area (Å²) in [7, 11) is 3.03. The summed E-state index contributed by atoms with van der Waals surface area (Å²) in [6, 6.07) is 8.18. The molecule has 2 aromatic heterocycles. The third kappa shape index (κ3) is 3.73. The average molecular weight is 442 g/mol. The van der Waals surface area contributed by atoms with Gasteiger partial charge in [-0.3, -0.25) is 4.79 Å². The van der Waals surface area contributed by atoms with Crippen LogP contribution in [-0.2, 0) is 18.3 Å². The van der Waals surface area contributed by atoms with E-state index in [2.05, 4.69) is 10.4 Å². The number of carbonyl (C=O) groups excluding carboxylic acids is 1. The SMILES string of the molecule is COC(=O)c1ccccc1-n1ncc(NCc2cc(Cl)c(Cl)n2C)c(Cl)c1=O. The molecule has 0 aliphatic heterocycles. The van der Waals surface area contributed by atoms with Crippen LogP contribution in [0.5, 0.6) is 0 Å². The van der Waals surface area contributed by atoms with E-state index in [1.165, 1.54) is 19.4 Å². The molecule has 1 aromatic carbocycles. The Kier molecular flexibility index (Phi) is 5.98. The van der Waals surface area contributed by atoms with Gasteiger partial charge in [-0.2, -0.15) is 9.78 Å². The fourth-order valence-electron chi connectivity index (χ4n) is 2.61. The monoisotopic (exact) mass is 440 g/mol. The zero-order chi connectivity index (χ0) is 20.4. The lowest BCUT2D eigenvalue weighted by Crippen LogP contribution is -2.24. The van der Waals surface area contributed by atoms with Crippen molar-refractivity contribution in [3.63, 3.8) is 0 Å². The van der Waals surface area contributed by atoms with Crippen molar-refractivity contribution in [2.45, 2.75) is 6.54 Å². The smallest absolute Gasteiger partial charge is 0.340 e. The standard InChI is InChI=1S/C18H15Cl3N4O3/c1-24-10(7-12(19)16(24)21)8-22-13-9-23-25(17(26)15(13)20)14-6-4-3-5-11(14)18(27)28-2/h3-7,9,22H,8H2,1-2H3. The number of benzene rings is 1. The van der Waals surface area contributed by atoms with Crippen molar-refractivity contribution in [3.05, 3.63) is 73.3 Å². The fraction of sp³-hybridized carbons (Fsp3) is 0.167. The van der Waals surface area contributed by atoms with E-state index in [0.29, 0.717) is 22.4 Å². The lowest BCUT2D eigenvalue weighted by Gasteiger charge is -2.12. The van der Waals surface area contributed by atoms with Crippen LogP contribution in [0.4, 0.5) is 5.69 Å². The Morgan fingerprint density at radius 3 is 2.61 bits per heavy atom. The minimum absolute atomic E-state index is 0.0685. The van der Waals surface area contributed by atoms with E-state index in [-0.39, 0.29) is 16.3 Å². The number of nitrogens with zero attached hydrogens (tertiary/aromatic N) is 3. The highest BCUT2D eigenvalue weighted by Crippen LogP contribution is 2.26. The molecule has 3 rings (SSSR count). The van der Waals surface area contributed by atoms with Gasteiger partial charge in [0.05, 0.1) is 41.8 Å². The molecular weight excluding hydrogens is 427 g/mol. The summed E-state index contributed by atoms with van der Waals surface area (Å²) >= 11 is 18.3. The van der Waals surface area contributed by atoms with E-state index in [1.54, 1.807) is 35.9 Å². The van der Waals surface area contributed by atoms with E-state index in [1.807, 2.05) is 0 Å². The van der Waals surface area contributed by atoms with Crippen LogP contribution in [0.25, 0.3) is 5.69 Å². The molecule has 0 saturated heterocycles. The summed E-state index contributed by atoms with van der Waals surface area (Å²) in [5, 5.41) is 7.95. The van der Waals surface area contributed by atoms with Gasteiger partial charge in [0.15, 0.2) is 0 Å². The molecule has 10 heteroatoms. The number of aromatic nitrogens is 3. The van der Waals surface area contributed by atoms with Crippen LogP contribution in [0.3, 0.4) is 0 Å². The molecule has 0 radical (unpaired) electrons. The number of halogens is 3. The number of carbonyl (C=O) groups is 1. The van der Waals surface area contributed by atoms with Gasteiger partial charge in [-0.1, -0.05) is 46.9 Å². The van der Waals surface area contributed by atoms with Gasteiger partial charge in [0, 0.05) is 12.7 Å². The van der Waals surface area contributed by atoms with E-state index < -0.39 is 11.5 Å². The Morgan fingerprint density at radius 1 is 1.25 bits per heavy atom. The normalized spacial score (nSPS) is 10.8. The largest absolute Gasteiger partial charge is 0.465 e. The molecule has 7 nitrogen and oxygen atoms in total. The molecule has 0 saturated carbocycles. The van der Waals surface area contributed by atoms with E-state index in [4.69, 9.17) is 39.5 Å². The first-order valence-electron chi connectivity index (χ1n) is 8.04. The number of rotatable bonds is 5. The highest BCUT2D eigenvalue weighted by Gasteiger charge is 2.17. The number of hydrogen-bond donors (Lipinski definition) is 1. The van der Waals surface area contributed by atoms with Crippen LogP contribution in [0, 0.1) is 0 Å². The topological polar surface area (TPSA) is 78.2 Å². The summed E-state index contributed by atoms with van der Waals surface area (Å²) < 4.78 is 7.52. The van der Waals surface area contributed by atoms with E-state index in [0.717, 1.165) is 10.4 Å².